The van der Waals surface area contributed by atoms with Gasteiger partial charge in [0.2, 0.25) is 5.95 Å². The van der Waals surface area contributed by atoms with Crippen LogP contribution in [0.1, 0.15) is 19.3 Å². The fourth-order valence-electron chi connectivity index (χ4n) is 4.01. The minimum Gasteiger partial charge on any atom is -0.381 e. The molecule has 0 aliphatic carbocycles. The van der Waals surface area contributed by atoms with Gasteiger partial charge in [0.1, 0.15) is 5.15 Å². The van der Waals surface area contributed by atoms with Crippen LogP contribution in [0, 0.1) is 5.41 Å². The van der Waals surface area contributed by atoms with Crippen molar-refractivity contribution in [2.45, 2.75) is 29.1 Å². The molecule has 0 bridgehead atoms. The van der Waals surface area contributed by atoms with E-state index < -0.39 is 0 Å². The molecule has 5 heterocycles. The molecule has 6 nitrogen and oxygen atoms in total. The Morgan fingerprint density at radius 3 is 2.68 bits per heavy atom. The van der Waals surface area contributed by atoms with Gasteiger partial charge in [-0.25, -0.2) is 15.0 Å². The highest BCUT2D eigenvalue weighted by atomic mass is 35.5. The molecule has 2 saturated heterocycles. The summed E-state index contributed by atoms with van der Waals surface area (Å²) in [5.74, 6) is 0.935. The summed E-state index contributed by atoms with van der Waals surface area (Å²) in [6.45, 7) is 3.78. The highest BCUT2D eigenvalue weighted by Crippen LogP contribution is 2.41. The summed E-state index contributed by atoms with van der Waals surface area (Å²) in [5, 5.41) is 0.747. The third-order valence-corrected chi connectivity index (χ3v) is 7.64. The van der Waals surface area contributed by atoms with Crippen molar-refractivity contribution in [1.29, 1.82) is 0 Å². The van der Waals surface area contributed by atoms with Gasteiger partial charge < -0.3 is 9.64 Å². The van der Waals surface area contributed by atoms with Gasteiger partial charge in [-0.15, -0.1) is 0 Å². The molecular weight excluding hydrogens is 417 g/mol. The molecule has 0 atom stereocenters. The van der Waals surface area contributed by atoms with Gasteiger partial charge in [-0.3, -0.25) is 4.40 Å². The van der Waals surface area contributed by atoms with Crippen LogP contribution in [0.15, 0.2) is 40.6 Å². The first-order valence-electron chi connectivity index (χ1n) is 9.28. The fourth-order valence-corrected chi connectivity index (χ4v) is 5.36. The number of hydrogen-bond donors (Lipinski definition) is 0. The zero-order valence-electron chi connectivity index (χ0n) is 15.1. The monoisotopic (exact) mass is 435 g/mol. The Balaban J connectivity index is 1.43. The van der Waals surface area contributed by atoms with E-state index in [4.69, 9.17) is 32.9 Å². The quantitative estimate of drug-likeness (QED) is 0.560. The van der Waals surface area contributed by atoms with Crippen LogP contribution in [0.25, 0.3) is 5.65 Å². The molecule has 0 radical (unpaired) electrons. The van der Waals surface area contributed by atoms with Gasteiger partial charge in [0, 0.05) is 49.4 Å². The van der Waals surface area contributed by atoms with Gasteiger partial charge in [0.05, 0.1) is 16.5 Å². The van der Waals surface area contributed by atoms with Gasteiger partial charge in [-0.2, -0.15) is 0 Å². The number of anilines is 1. The van der Waals surface area contributed by atoms with E-state index in [2.05, 4.69) is 19.3 Å². The Hall–Kier alpha value is -1.54. The van der Waals surface area contributed by atoms with Crippen molar-refractivity contribution in [3.05, 3.63) is 41.0 Å². The third-order valence-electron chi connectivity index (χ3n) is 5.70. The molecule has 146 valence electrons. The van der Waals surface area contributed by atoms with Crippen LogP contribution in [0.4, 0.5) is 5.95 Å². The second-order valence-electron chi connectivity index (χ2n) is 7.35. The molecule has 9 heteroatoms. The van der Waals surface area contributed by atoms with Crippen LogP contribution in [-0.2, 0) is 4.74 Å². The number of fused-ring (bicyclic) bond motifs is 1. The zero-order valence-corrected chi connectivity index (χ0v) is 17.5. The number of aromatic nitrogens is 4. The molecule has 2 aliphatic rings. The zero-order chi connectivity index (χ0) is 19.1. The number of nitrogens with zero attached hydrogens (tertiary/aromatic N) is 5. The molecule has 0 N–H and O–H groups in total. The number of hydrogen-bond acceptors (Lipinski definition) is 6. The Morgan fingerprint density at radius 2 is 1.89 bits per heavy atom. The first-order valence-corrected chi connectivity index (χ1v) is 10.9. The molecule has 2 fully saturated rings. The van der Waals surface area contributed by atoms with Crippen molar-refractivity contribution in [3.63, 3.8) is 0 Å². The van der Waals surface area contributed by atoms with Crippen LogP contribution >= 0.6 is 35.0 Å². The lowest BCUT2D eigenvalue weighted by molar-refractivity contribution is 0.133. The van der Waals surface area contributed by atoms with Crippen molar-refractivity contribution < 1.29 is 4.74 Å². The van der Waals surface area contributed by atoms with Crippen molar-refractivity contribution >= 4 is 46.6 Å². The average Bonchev–Trinajstić information content (AvgIpc) is 3.37. The Bertz CT molecular complexity index is 1010. The van der Waals surface area contributed by atoms with Crippen LogP contribution in [0.2, 0.25) is 10.2 Å². The first-order chi connectivity index (χ1) is 13.7. The van der Waals surface area contributed by atoms with Crippen molar-refractivity contribution in [3.8, 4) is 0 Å². The van der Waals surface area contributed by atoms with Crippen molar-refractivity contribution in [2.24, 2.45) is 5.41 Å². The van der Waals surface area contributed by atoms with Crippen LogP contribution in [0.3, 0.4) is 0 Å². The highest BCUT2D eigenvalue weighted by molar-refractivity contribution is 7.99. The molecule has 5 rings (SSSR count). The Kier molecular flexibility index (Phi) is 4.87. The second kappa shape index (κ2) is 7.37. The SMILES string of the molecule is Clc1nccc(Sc2cnc(N3CCC4(CCOC4)CC3)n3ccnc23)c1Cl. The van der Waals surface area contributed by atoms with Gasteiger partial charge in [0.15, 0.2) is 5.65 Å². The summed E-state index contributed by atoms with van der Waals surface area (Å²) in [4.78, 5) is 17.4. The van der Waals surface area contributed by atoms with Crippen molar-refractivity contribution in [2.75, 3.05) is 31.2 Å². The summed E-state index contributed by atoms with van der Waals surface area (Å²) in [7, 11) is 0. The summed E-state index contributed by atoms with van der Waals surface area (Å²) in [6, 6.07) is 1.85. The number of halogens is 2. The van der Waals surface area contributed by atoms with Crippen LogP contribution in [0.5, 0.6) is 0 Å². The average molecular weight is 436 g/mol. The molecule has 0 aromatic carbocycles. The maximum Gasteiger partial charge on any atom is 0.211 e. The number of imidazole rings is 1. The maximum absolute atomic E-state index is 6.30. The number of ether oxygens (including phenoxy) is 1. The summed E-state index contributed by atoms with van der Waals surface area (Å²) >= 11 is 13.8. The van der Waals surface area contributed by atoms with E-state index in [-0.39, 0.29) is 0 Å². The van der Waals surface area contributed by atoms with E-state index in [1.165, 1.54) is 18.2 Å². The van der Waals surface area contributed by atoms with E-state index in [1.807, 2.05) is 24.7 Å². The third kappa shape index (κ3) is 3.24. The maximum atomic E-state index is 6.30. The van der Waals surface area contributed by atoms with Crippen LogP contribution < -0.4 is 4.90 Å². The minimum absolute atomic E-state index is 0.300. The van der Waals surface area contributed by atoms with E-state index >= 15 is 0 Å². The predicted molar refractivity (Wildman–Crippen MR) is 111 cm³/mol. The topological polar surface area (TPSA) is 55.5 Å². The van der Waals surface area contributed by atoms with Crippen LogP contribution in [-0.4, -0.2) is 45.7 Å². The first kappa shape index (κ1) is 18.5. The Morgan fingerprint density at radius 1 is 1.04 bits per heavy atom. The minimum atomic E-state index is 0.300. The predicted octanol–water partition coefficient (Wildman–Crippen LogP) is 4.59. The Labute approximate surface area is 177 Å². The van der Waals surface area contributed by atoms with E-state index in [1.54, 1.807) is 6.20 Å². The lowest BCUT2D eigenvalue weighted by Crippen LogP contribution is -2.41. The highest BCUT2D eigenvalue weighted by Gasteiger charge is 2.38. The molecule has 2 aliphatic heterocycles. The van der Waals surface area contributed by atoms with Crippen molar-refractivity contribution in [1.82, 2.24) is 19.4 Å². The molecular formula is C19H19Cl2N5OS. The molecule has 1 spiro atoms. The molecule has 3 aromatic heterocycles. The normalized spacial score (nSPS) is 19.0. The molecule has 3 aromatic rings. The molecule has 0 saturated carbocycles. The van der Waals surface area contributed by atoms with E-state index in [0.717, 1.165) is 60.5 Å². The molecule has 28 heavy (non-hydrogen) atoms. The second-order valence-corrected chi connectivity index (χ2v) is 9.17. The number of piperidine rings is 1. The summed E-state index contributed by atoms with van der Waals surface area (Å²) in [5.41, 5.74) is 1.24. The van der Waals surface area contributed by atoms with Gasteiger partial charge in [0.25, 0.3) is 0 Å². The summed E-state index contributed by atoms with van der Waals surface area (Å²) < 4.78 is 7.71. The number of rotatable bonds is 3. The van der Waals surface area contributed by atoms with Gasteiger partial charge >= 0.3 is 0 Å². The largest absolute Gasteiger partial charge is 0.381 e. The van der Waals surface area contributed by atoms with Gasteiger partial charge in [-0.1, -0.05) is 35.0 Å². The lowest BCUT2D eigenvalue weighted by Gasteiger charge is -2.38. The smallest absolute Gasteiger partial charge is 0.211 e. The fraction of sp³-hybridized carbons (Fsp3) is 0.421. The molecule has 0 unspecified atom stereocenters. The summed E-state index contributed by atoms with van der Waals surface area (Å²) in [6.07, 6.45) is 10.8. The van der Waals surface area contributed by atoms with E-state index in [0.29, 0.717) is 15.6 Å². The lowest BCUT2D eigenvalue weighted by atomic mass is 9.78. The molecule has 0 amide bonds. The van der Waals surface area contributed by atoms with E-state index in [9.17, 15) is 0 Å². The number of pyridine rings is 1. The standard InChI is InChI=1S/C19H19Cl2N5OS/c20-15-13(1-5-22-16(15)21)28-14-11-24-18(26-9-6-23-17(14)26)25-7-2-19(3-8-25)4-10-27-12-19/h1,5-6,9,11H,2-4,7-8,10,12H2. The van der Waals surface area contributed by atoms with Gasteiger partial charge in [-0.05, 0) is 30.7 Å².